The van der Waals surface area contributed by atoms with Crippen LogP contribution in [0.4, 0.5) is 0 Å². The number of hydrogen-bond donors (Lipinski definition) is 2. The highest BCUT2D eigenvalue weighted by atomic mass is 16.5. The van der Waals surface area contributed by atoms with Crippen LogP contribution in [0.2, 0.25) is 0 Å². The van der Waals surface area contributed by atoms with Gasteiger partial charge in [0, 0.05) is 44.2 Å². The second-order valence-corrected chi connectivity index (χ2v) is 8.14. The Labute approximate surface area is 185 Å². The minimum absolute atomic E-state index is 0.229. The van der Waals surface area contributed by atoms with Crippen LogP contribution in [0.25, 0.3) is 0 Å². The molecule has 1 amide bonds. The molecule has 31 heavy (non-hydrogen) atoms. The minimum Gasteiger partial charge on any atom is -0.493 e. The van der Waals surface area contributed by atoms with E-state index in [1.54, 1.807) is 28.4 Å². The number of amides is 1. The Kier molecular flexibility index (Phi) is 8.26. The van der Waals surface area contributed by atoms with Gasteiger partial charge in [0.25, 0.3) is 0 Å². The van der Waals surface area contributed by atoms with Crippen LogP contribution < -0.4 is 24.8 Å². The van der Waals surface area contributed by atoms with E-state index in [0.717, 1.165) is 50.3 Å². The number of rotatable bonds is 8. The Balaban J connectivity index is 1.50. The smallest absolute Gasteiger partial charge is 0.225 e. The van der Waals surface area contributed by atoms with E-state index < -0.39 is 0 Å². The van der Waals surface area contributed by atoms with Gasteiger partial charge in [0.05, 0.1) is 21.3 Å². The molecule has 0 radical (unpaired) electrons. The first kappa shape index (κ1) is 23.0. The number of benzene rings is 1. The first-order valence-electron chi connectivity index (χ1n) is 11.1. The van der Waals surface area contributed by atoms with E-state index in [4.69, 9.17) is 14.2 Å². The molecule has 1 aromatic rings. The van der Waals surface area contributed by atoms with Crippen molar-refractivity contribution in [1.29, 1.82) is 0 Å². The third-order valence-electron chi connectivity index (χ3n) is 6.24. The van der Waals surface area contributed by atoms with Crippen molar-refractivity contribution in [2.75, 3.05) is 48.0 Å². The summed E-state index contributed by atoms with van der Waals surface area (Å²) in [6.07, 6.45) is 6.16. The lowest BCUT2D eigenvalue weighted by molar-refractivity contribution is -0.134. The number of hydrogen-bond acceptors (Lipinski definition) is 5. The molecule has 8 nitrogen and oxygen atoms in total. The molecule has 1 saturated carbocycles. The fraction of sp³-hybridized carbons (Fsp3) is 0.652. The number of carbonyl (C=O) groups is 1. The zero-order valence-electron chi connectivity index (χ0n) is 19.2. The number of nitrogens with zero attached hydrogens (tertiary/aromatic N) is 2. The van der Waals surface area contributed by atoms with Crippen molar-refractivity contribution in [3.63, 3.8) is 0 Å². The van der Waals surface area contributed by atoms with E-state index in [0.29, 0.717) is 29.7 Å². The summed E-state index contributed by atoms with van der Waals surface area (Å²) in [6.45, 7) is 2.26. The second-order valence-electron chi connectivity index (χ2n) is 8.14. The average molecular weight is 433 g/mol. The summed E-state index contributed by atoms with van der Waals surface area (Å²) < 4.78 is 16.4. The van der Waals surface area contributed by atoms with Crippen LogP contribution in [0.3, 0.4) is 0 Å². The molecule has 0 spiro atoms. The maximum atomic E-state index is 12.7. The molecular weight excluding hydrogens is 396 g/mol. The lowest BCUT2D eigenvalue weighted by Gasteiger charge is -2.21. The van der Waals surface area contributed by atoms with Gasteiger partial charge in [-0.15, -0.1) is 0 Å². The Bertz CT molecular complexity index is 777. The topological polar surface area (TPSA) is 84.4 Å². The molecule has 1 atom stereocenters. The average Bonchev–Trinajstić information content (AvgIpc) is 3.49. The fourth-order valence-electron chi connectivity index (χ4n) is 4.57. The summed E-state index contributed by atoms with van der Waals surface area (Å²) in [6, 6.07) is 4.10. The van der Waals surface area contributed by atoms with Gasteiger partial charge in [0.1, 0.15) is 0 Å². The van der Waals surface area contributed by atoms with Crippen molar-refractivity contribution in [2.24, 2.45) is 10.9 Å². The Hall–Kier alpha value is -2.64. The Morgan fingerprint density at radius 1 is 1.10 bits per heavy atom. The first-order valence-corrected chi connectivity index (χ1v) is 11.1. The van der Waals surface area contributed by atoms with E-state index in [9.17, 15) is 4.79 Å². The predicted molar refractivity (Wildman–Crippen MR) is 121 cm³/mol. The number of aliphatic imine (C=N–C) groups is 1. The molecular formula is C23H36N4O4. The van der Waals surface area contributed by atoms with Gasteiger partial charge in [0.2, 0.25) is 11.7 Å². The molecule has 0 bridgehead atoms. The van der Waals surface area contributed by atoms with Crippen molar-refractivity contribution in [3.05, 3.63) is 17.7 Å². The Morgan fingerprint density at radius 2 is 1.84 bits per heavy atom. The van der Waals surface area contributed by atoms with Gasteiger partial charge >= 0.3 is 0 Å². The molecule has 2 aliphatic rings. The van der Waals surface area contributed by atoms with Crippen molar-refractivity contribution in [1.82, 2.24) is 15.5 Å². The molecule has 2 fully saturated rings. The van der Waals surface area contributed by atoms with Gasteiger partial charge in [0.15, 0.2) is 17.5 Å². The fourth-order valence-corrected chi connectivity index (χ4v) is 4.57. The quantitative estimate of drug-likeness (QED) is 0.484. The summed E-state index contributed by atoms with van der Waals surface area (Å²) in [5, 5.41) is 6.83. The summed E-state index contributed by atoms with van der Waals surface area (Å²) in [7, 11) is 6.62. The third-order valence-corrected chi connectivity index (χ3v) is 6.24. The highest BCUT2D eigenvalue weighted by molar-refractivity contribution is 5.81. The van der Waals surface area contributed by atoms with Gasteiger partial charge in [-0.2, -0.15) is 0 Å². The van der Waals surface area contributed by atoms with Crippen LogP contribution >= 0.6 is 0 Å². The van der Waals surface area contributed by atoms with E-state index in [1.807, 2.05) is 17.0 Å². The second kappa shape index (κ2) is 11.1. The van der Waals surface area contributed by atoms with E-state index >= 15 is 0 Å². The van der Waals surface area contributed by atoms with Crippen LogP contribution in [-0.4, -0.2) is 70.8 Å². The molecule has 1 aliphatic heterocycles. The lowest BCUT2D eigenvalue weighted by Crippen LogP contribution is -2.45. The summed E-state index contributed by atoms with van der Waals surface area (Å²) in [5.41, 5.74) is 1.03. The Morgan fingerprint density at radius 3 is 2.48 bits per heavy atom. The van der Waals surface area contributed by atoms with Crippen molar-refractivity contribution in [3.8, 4) is 17.2 Å². The maximum Gasteiger partial charge on any atom is 0.225 e. The SMILES string of the molecule is CN=C(NCCc1ccc(OC)c(OC)c1OC)NC1CCN(C(=O)C2CCCC2)C1. The van der Waals surface area contributed by atoms with Crippen LogP contribution in [0.15, 0.2) is 17.1 Å². The van der Waals surface area contributed by atoms with Gasteiger partial charge in [-0.05, 0) is 31.7 Å². The van der Waals surface area contributed by atoms with Gasteiger partial charge < -0.3 is 29.7 Å². The molecule has 1 saturated heterocycles. The summed E-state index contributed by atoms with van der Waals surface area (Å²) >= 11 is 0. The molecule has 1 heterocycles. The molecule has 1 aromatic carbocycles. The van der Waals surface area contributed by atoms with Crippen LogP contribution in [0.5, 0.6) is 17.2 Å². The van der Waals surface area contributed by atoms with Gasteiger partial charge in [-0.25, -0.2) is 0 Å². The van der Waals surface area contributed by atoms with Crippen molar-refractivity contribution in [2.45, 2.75) is 44.6 Å². The van der Waals surface area contributed by atoms with Crippen LogP contribution in [0, 0.1) is 5.92 Å². The highest BCUT2D eigenvalue weighted by Gasteiger charge is 2.32. The molecule has 172 valence electrons. The summed E-state index contributed by atoms with van der Waals surface area (Å²) in [5.74, 6) is 3.26. The third kappa shape index (κ3) is 5.54. The standard InChI is InChI=1S/C23H36N4O4/c1-24-23(26-18-12-14-27(15-18)22(28)17-7-5-6-8-17)25-13-11-16-9-10-19(29-2)21(31-4)20(16)30-3/h9-10,17-18H,5-8,11-15H2,1-4H3,(H2,24,25,26). The predicted octanol–water partition coefficient (Wildman–Crippen LogP) is 2.21. The van der Waals surface area contributed by atoms with Crippen molar-refractivity contribution >= 4 is 11.9 Å². The van der Waals surface area contributed by atoms with E-state index in [1.165, 1.54) is 12.8 Å². The summed E-state index contributed by atoms with van der Waals surface area (Å²) in [4.78, 5) is 19.0. The molecule has 1 unspecified atom stereocenters. The number of guanidine groups is 1. The molecule has 3 rings (SSSR count). The van der Waals surface area contributed by atoms with Gasteiger partial charge in [-0.1, -0.05) is 18.9 Å². The number of likely N-dealkylation sites (tertiary alicyclic amines) is 1. The van der Waals surface area contributed by atoms with Crippen molar-refractivity contribution < 1.29 is 19.0 Å². The zero-order chi connectivity index (χ0) is 22.2. The molecule has 2 N–H and O–H groups in total. The van der Waals surface area contributed by atoms with Crippen LogP contribution in [-0.2, 0) is 11.2 Å². The number of carbonyl (C=O) groups excluding carboxylic acids is 1. The van der Waals surface area contributed by atoms with E-state index in [2.05, 4.69) is 15.6 Å². The number of ether oxygens (including phenoxy) is 3. The number of methoxy groups -OCH3 is 3. The highest BCUT2D eigenvalue weighted by Crippen LogP contribution is 2.39. The lowest BCUT2D eigenvalue weighted by atomic mass is 10.1. The van der Waals surface area contributed by atoms with Gasteiger partial charge in [-0.3, -0.25) is 9.79 Å². The monoisotopic (exact) mass is 432 g/mol. The number of nitrogens with one attached hydrogen (secondary N) is 2. The molecule has 8 heteroatoms. The molecule has 1 aliphatic carbocycles. The largest absolute Gasteiger partial charge is 0.493 e. The first-order chi connectivity index (χ1) is 15.1. The zero-order valence-corrected chi connectivity index (χ0v) is 19.2. The molecule has 0 aromatic heterocycles. The normalized spacial score (nSPS) is 19.4. The van der Waals surface area contributed by atoms with E-state index in [-0.39, 0.29) is 12.0 Å². The maximum absolute atomic E-state index is 12.7. The minimum atomic E-state index is 0.229. The van der Waals surface area contributed by atoms with Crippen LogP contribution in [0.1, 0.15) is 37.7 Å².